The summed E-state index contributed by atoms with van der Waals surface area (Å²) in [6.45, 7) is 7.64. The number of aryl methyl sites for hydroxylation is 6. The van der Waals surface area contributed by atoms with Gasteiger partial charge in [-0.2, -0.15) is 9.46 Å². The molecule has 3 aromatic carbocycles. The van der Waals surface area contributed by atoms with Gasteiger partial charge in [-0.1, -0.05) is 140 Å². The molecule has 0 aliphatic carbocycles. The molecule has 5 N–H and O–H groups in total. The van der Waals surface area contributed by atoms with E-state index in [2.05, 4.69) is 114 Å². The third-order valence-electron chi connectivity index (χ3n) is 19.0. The zero-order valence-corrected chi connectivity index (χ0v) is 55.6. The smallest absolute Gasteiger partial charge is 0.870 e. The van der Waals surface area contributed by atoms with Crippen molar-refractivity contribution in [3.05, 3.63) is 207 Å². The molecule has 0 bridgehead atoms. The van der Waals surface area contributed by atoms with Gasteiger partial charge in [-0.05, 0) is 198 Å². The number of benzene rings is 3. The minimum atomic E-state index is -0.826. The van der Waals surface area contributed by atoms with E-state index in [9.17, 15) is 20.3 Å². The van der Waals surface area contributed by atoms with E-state index in [1.54, 1.807) is 18.5 Å². The first kappa shape index (κ1) is 73.8. The average molecular weight is 1260 g/mol. The van der Waals surface area contributed by atoms with Crippen molar-refractivity contribution in [3.63, 3.8) is 0 Å². The zero-order valence-electron chi connectivity index (χ0n) is 55.6. The second kappa shape index (κ2) is 38.7. The van der Waals surface area contributed by atoms with Crippen molar-refractivity contribution in [2.24, 2.45) is 0 Å². The number of carboxylic acids is 1. The summed E-state index contributed by atoms with van der Waals surface area (Å²) in [6.07, 6.45) is 35.2. The summed E-state index contributed by atoms with van der Waals surface area (Å²) >= 11 is 0. The SMILES string of the molecule is C.CCC(CCCCCCc1ccc2c(n1)NCCC2)c1cc2ccccc2[n+]([O-])c1.CCC(CCCCCCc1ccc2c(n1)NCCC2)c1cnc2ccccc2c1.O=C(O)CC(CCCCCCc1ccc2c(n1)NCCC2)c1cc2ccccc2[n+]([O-])c1.[Li+].[OH-]. The van der Waals surface area contributed by atoms with E-state index in [0.29, 0.717) is 17.4 Å². The van der Waals surface area contributed by atoms with Crippen molar-refractivity contribution in [2.75, 3.05) is 35.6 Å². The maximum atomic E-state index is 12.4. The number of rotatable bonds is 28. The number of hydrogen-bond donors (Lipinski definition) is 4. The van der Waals surface area contributed by atoms with Crippen LogP contribution < -0.4 is 44.3 Å². The van der Waals surface area contributed by atoms with E-state index in [4.69, 9.17) is 15.0 Å². The fraction of sp³-hybridized carbons (Fsp3) is 0.456. The van der Waals surface area contributed by atoms with Gasteiger partial charge in [0.15, 0.2) is 12.4 Å². The molecule has 0 radical (unpaired) electrons. The molecule has 94 heavy (non-hydrogen) atoms. The maximum Gasteiger partial charge on any atom is 1.00 e. The van der Waals surface area contributed by atoms with Crippen LogP contribution in [-0.4, -0.2) is 56.1 Å². The Labute approximate surface area is 571 Å². The van der Waals surface area contributed by atoms with E-state index in [1.807, 2.05) is 48.5 Å². The number of anilines is 3. The molecule has 14 nitrogen and oxygen atoms in total. The molecular weight excluding hydrogens is 1160 g/mol. The van der Waals surface area contributed by atoms with Crippen molar-refractivity contribution >= 4 is 56.1 Å². The van der Waals surface area contributed by atoms with E-state index in [0.717, 1.165) is 157 Å². The number of fused-ring (bicyclic) bond motifs is 6. The van der Waals surface area contributed by atoms with Crippen LogP contribution in [0.15, 0.2) is 146 Å². The van der Waals surface area contributed by atoms with Crippen LogP contribution in [0.4, 0.5) is 17.5 Å². The maximum absolute atomic E-state index is 12.4. The Morgan fingerprint density at radius 2 is 0.862 bits per heavy atom. The van der Waals surface area contributed by atoms with Gasteiger partial charge in [0.25, 0.3) is 0 Å². The molecule has 15 heteroatoms. The van der Waals surface area contributed by atoms with Crippen molar-refractivity contribution in [1.29, 1.82) is 0 Å². The van der Waals surface area contributed by atoms with Gasteiger partial charge in [0.2, 0.25) is 11.0 Å². The molecule has 12 rings (SSSR count). The van der Waals surface area contributed by atoms with Gasteiger partial charge in [-0.15, -0.1) is 0 Å². The third kappa shape index (κ3) is 21.4. The van der Waals surface area contributed by atoms with Crippen LogP contribution in [0.5, 0.6) is 0 Å². The van der Waals surface area contributed by atoms with Crippen LogP contribution in [0, 0.1) is 10.4 Å². The number of para-hydroxylation sites is 3. The fourth-order valence-corrected chi connectivity index (χ4v) is 13.7. The second-order valence-corrected chi connectivity index (χ2v) is 25.7. The first-order chi connectivity index (χ1) is 44.7. The average Bonchev–Trinajstić information content (AvgIpc) is 0.885. The Morgan fingerprint density at radius 3 is 1.30 bits per heavy atom. The van der Waals surface area contributed by atoms with Crippen LogP contribution in [0.1, 0.15) is 224 Å². The molecule has 3 aliphatic rings. The number of aliphatic carboxylic acids is 1. The minimum absolute atomic E-state index is 0. The van der Waals surface area contributed by atoms with Crippen molar-refractivity contribution < 1.29 is 43.7 Å². The molecule has 9 heterocycles. The topological polar surface area (TPSA) is 209 Å². The summed E-state index contributed by atoms with van der Waals surface area (Å²) in [6, 6.07) is 43.5. The van der Waals surface area contributed by atoms with E-state index >= 15 is 0 Å². The first-order valence-corrected chi connectivity index (χ1v) is 34.7. The quantitative estimate of drug-likeness (QED) is 0.0156. The summed E-state index contributed by atoms with van der Waals surface area (Å²) in [5.41, 5.74) is 13.5. The van der Waals surface area contributed by atoms with Gasteiger partial charge in [0.1, 0.15) is 17.5 Å². The Bertz CT molecular complexity index is 3790. The standard InChI is InChI=1S/C26H31N3O3.C26H33N3O.C26H33N3.CH4.Li.H2O/c30-25(31)17-20(22-16-21-9-5-6-12-24(21)29(32)18-22)8-3-1-2-4-11-23-14-13-19-10-7-15-27-26(19)28-23;1-2-20(23-18-22-11-7-8-14-25(22)29(30)19-23)10-5-3-4-6-13-24-16-15-21-12-9-17-27-26(21)28-24;1-2-20(23-18-22-11-7-8-14-25(22)28-19-23)10-5-3-4-6-13-24-16-15-21-12-9-17-27-26(21)29-24;;;/h5-6,9,12-14,16,18,20H,1-4,7-8,10-11,15,17H2,(H,27,28)(H,30,31);7-8,11,14-16,18-20H,2-6,9-10,12-13,17H2,1H3,(H,27,28);7-8,11,14-16,18-20H,2-6,9-10,12-13,17H2,1H3,(H,27,29);1H4;;1H2/q;;;;+1;/p-1. The number of hydrogen-bond acceptors (Lipinski definition) is 11. The van der Waals surface area contributed by atoms with Gasteiger partial charge in [-0.3, -0.25) is 9.78 Å². The molecular formula is C79H102LiN9O5. The molecule has 0 amide bonds. The van der Waals surface area contributed by atoms with E-state index in [-0.39, 0.29) is 44.1 Å². The fourth-order valence-electron chi connectivity index (χ4n) is 13.7. The molecule has 3 unspecified atom stereocenters. The Kier molecular flexibility index (Phi) is 30.3. The molecule has 0 saturated carbocycles. The Morgan fingerprint density at radius 1 is 0.489 bits per heavy atom. The molecule has 0 spiro atoms. The summed E-state index contributed by atoms with van der Waals surface area (Å²) < 4.78 is 1.90. The number of nitrogens with one attached hydrogen (secondary N) is 3. The number of pyridine rings is 6. The number of unbranched alkanes of at least 4 members (excludes halogenated alkanes) is 9. The Hall–Kier alpha value is -7.63. The largest absolute Gasteiger partial charge is 1.00 e. The summed E-state index contributed by atoms with van der Waals surface area (Å²) in [4.78, 5) is 30.5. The number of carboxylic acid groups (broad SMARTS) is 1. The number of aromatic nitrogens is 6. The number of carbonyl (C=O) groups is 1. The minimum Gasteiger partial charge on any atom is -0.870 e. The summed E-state index contributed by atoms with van der Waals surface area (Å²) in [5, 5.41) is 47.5. The molecule has 9 aromatic rings. The third-order valence-corrected chi connectivity index (χ3v) is 19.0. The molecule has 0 fully saturated rings. The molecule has 6 aromatic heterocycles. The van der Waals surface area contributed by atoms with Gasteiger partial charge in [0.05, 0.1) is 11.9 Å². The van der Waals surface area contributed by atoms with Gasteiger partial charge >= 0.3 is 24.8 Å². The summed E-state index contributed by atoms with van der Waals surface area (Å²) in [5.74, 6) is 3.40. The van der Waals surface area contributed by atoms with E-state index in [1.165, 1.54) is 134 Å². The number of nitrogens with zero attached hydrogens (tertiary/aromatic N) is 6. The second-order valence-electron chi connectivity index (χ2n) is 25.7. The van der Waals surface area contributed by atoms with E-state index < -0.39 is 5.97 Å². The molecule has 3 atom stereocenters. The monoisotopic (exact) mass is 1260 g/mol. The molecule has 3 aliphatic heterocycles. The zero-order chi connectivity index (χ0) is 63.0. The van der Waals surface area contributed by atoms with Crippen molar-refractivity contribution in [3.8, 4) is 0 Å². The van der Waals surface area contributed by atoms with Crippen molar-refractivity contribution in [1.82, 2.24) is 19.9 Å². The Balaban J connectivity index is 0.000000197. The predicted octanol–water partition coefficient (Wildman–Crippen LogP) is 15.0. The molecule has 0 saturated heterocycles. The predicted molar refractivity (Wildman–Crippen MR) is 381 cm³/mol. The van der Waals surface area contributed by atoms with Gasteiger partial charge < -0.3 is 36.9 Å². The first-order valence-electron chi connectivity index (χ1n) is 34.7. The van der Waals surface area contributed by atoms with Gasteiger partial charge in [0, 0.05) is 88.2 Å². The van der Waals surface area contributed by atoms with Crippen molar-refractivity contribution in [2.45, 2.75) is 212 Å². The summed E-state index contributed by atoms with van der Waals surface area (Å²) in [7, 11) is 0. The van der Waals surface area contributed by atoms with Crippen LogP contribution in [0.3, 0.4) is 0 Å². The van der Waals surface area contributed by atoms with Crippen LogP contribution in [0.25, 0.3) is 32.7 Å². The van der Waals surface area contributed by atoms with Crippen LogP contribution in [0.2, 0.25) is 0 Å². The van der Waals surface area contributed by atoms with Crippen LogP contribution >= 0.6 is 0 Å². The van der Waals surface area contributed by atoms with Crippen LogP contribution in [-0.2, 0) is 43.3 Å². The normalized spacial score (nSPS) is 13.8. The van der Waals surface area contributed by atoms with Gasteiger partial charge in [-0.25, -0.2) is 15.0 Å². The molecule has 494 valence electrons.